The van der Waals surface area contributed by atoms with Crippen LogP contribution in [0.3, 0.4) is 0 Å². The molecular weight excluding hydrogens is 280 g/mol. The van der Waals surface area contributed by atoms with Crippen molar-refractivity contribution >= 4 is 29.1 Å². The number of aromatic nitrogens is 6. The summed E-state index contributed by atoms with van der Waals surface area (Å²) in [6, 6.07) is 0. The second-order valence-corrected chi connectivity index (χ2v) is 4.59. The molecule has 0 bridgehead atoms. The molecule has 0 aromatic carbocycles. The minimum absolute atomic E-state index is 0.248. The molecule has 0 spiro atoms. The van der Waals surface area contributed by atoms with E-state index in [2.05, 4.69) is 25.0 Å². The van der Waals surface area contributed by atoms with Gasteiger partial charge in [0, 0.05) is 0 Å². The van der Waals surface area contributed by atoms with E-state index in [0.29, 0.717) is 34.7 Å². The molecule has 3 heterocycles. The standard InChI is InChI=1S/C12H11ClN6O/c1-2-3-8-7(4-20)10(13)19(18-8)12-9-11(15-5-14-9)16-6-17-12/h4-6H,2-3H2,1H3,(H,14,15,16,17). The molecule has 3 aromatic rings. The molecule has 0 saturated carbocycles. The van der Waals surface area contributed by atoms with Crippen molar-refractivity contribution in [2.45, 2.75) is 19.8 Å². The number of carbonyl (C=O) groups excluding carboxylic acids is 1. The van der Waals surface area contributed by atoms with Gasteiger partial charge in [-0.1, -0.05) is 24.9 Å². The number of nitrogens with one attached hydrogen (secondary N) is 1. The number of aromatic amines is 1. The third-order valence-electron chi connectivity index (χ3n) is 2.95. The van der Waals surface area contributed by atoms with Crippen molar-refractivity contribution in [2.24, 2.45) is 0 Å². The highest BCUT2D eigenvalue weighted by molar-refractivity contribution is 6.32. The molecule has 0 radical (unpaired) electrons. The predicted molar refractivity (Wildman–Crippen MR) is 73.2 cm³/mol. The maximum Gasteiger partial charge on any atom is 0.184 e. The molecule has 20 heavy (non-hydrogen) atoms. The van der Waals surface area contributed by atoms with Gasteiger partial charge in [0.05, 0.1) is 17.6 Å². The normalized spacial score (nSPS) is 11.1. The average Bonchev–Trinajstić information content (AvgIpc) is 3.03. The van der Waals surface area contributed by atoms with E-state index in [1.165, 1.54) is 17.3 Å². The van der Waals surface area contributed by atoms with Gasteiger partial charge in [0.15, 0.2) is 17.8 Å². The number of rotatable bonds is 4. The maximum absolute atomic E-state index is 11.2. The van der Waals surface area contributed by atoms with Crippen molar-refractivity contribution in [3.63, 3.8) is 0 Å². The van der Waals surface area contributed by atoms with Crippen LogP contribution < -0.4 is 0 Å². The summed E-state index contributed by atoms with van der Waals surface area (Å²) in [5, 5.41) is 4.63. The van der Waals surface area contributed by atoms with Crippen LogP contribution >= 0.6 is 11.6 Å². The molecule has 7 nitrogen and oxygen atoms in total. The van der Waals surface area contributed by atoms with Crippen molar-refractivity contribution in [2.75, 3.05) is 0 Å². The first kappa shape index (κ1) is 12.7. The minimum Gasteiger partial charge on any atom is -0.340 e. The second kappa shape index (κ2) is 5.01. The molecule has 3 aromatic heterocycles. The highest BCUT2D eigenvalue weighted by Gasteiger charge is 2.19. The summed E-state index contributed by atoms with van der Waals surface area (Å²) in [4.78, 5) is 26.4. The van der Waals surface area contributed by atoms with Crippen LogP contribution in [0.4, 0.5) is 0 Å². The van der Waals surface area contributed by atoms with Crippen LogP contribution in [-0.2, 0) is 6.42 Å². The molecule has 8 heteroatoms. The lowest BCUT2D eigenvalue weighted by atomic mass is 10.2. The van der Waals surface area contributed by atoms with E-state index in [4.69, 9.17) is 11.6 Å². The summed E-state index contributed by atoms with van der Waals surface area (Å²) in [5.41, 5.74) is 2.21. The fourth-order valence-corrected chi connectivity index (χ4v) is 2.31. The van der Waals surface area contributed by atoms with Crippen molar-refractivity contribution in [3.05, 3.63) is 29.1 Å². The summed E-state index contributed by atoms with van der Waals surface area (Å²) in [7, 11) is 0. The van der Waals surface area contributed by atoms with E-state index in [1.54, 1.807) is 0 Å². The van der Waals surface area contributed by atoms with Gasteiger partial charge in [0.2, 0.25) is 0 Å². The van der Waals surface area contributed by atoms with Crippen LogP contribution in [-0.4, -0.2) is 36.0 Å². The Balaban J connectivity index is 2.24. The number of hydrogen-bond acceptors (Lipinski definition) is 5. The predicted octanol–water partition coefficient (Wildman–Crippen LogP) is 1.96. The van der Waals surface area contributed by atoms with E-state index >= 15 is 0 Å². The van der Waals surface area contributed by atoms with E-state index in [0.717, 1.165) is 12.7 Å². The van der Waals surface area contributed by atoms with E-state index in [1.807, 2.05) is 6.92 Å². The molecule has 0 aliphatic carbocycles. The van der Waals surface area contributed by atoms with Gasteiger partial charge >= 0.3 is 0 Å². The monoisotopic (exact) mass is 290 g/mol. The zero-order chi connectivity index (χ0) is 14.1. The Hall–Kier alpha value is -2.28. The maximum atomic E-state index is 11.2. The Morgan fingerprint density at radius 3 is 3.00 bits per heavy atom. The molecule has 3 rings (SSSR count). The Bertz CT molecular complexity index is 777. The van der Waals surface area contributed by atoms with Gasteiger partial charge in [-0.25, -0.2) is 19.6 Å². The Morgan fingerprint density at radius 1 is 1.40 bits per heavy atom. The van der Waals surface area contributed by atoms with Gasteiger partial charge < -0.3 is 4.98 Å². The van der Waals surface area contributed by atoms with Crippen molar-refractivity contribution in [1.29, 1.82) is 0 Å². The third-order valence-corrected chi connectivity index (χ3v) is 3.31. The number of carbonyl (C=O) groups is 1. The SMILES string of the molecule is CCCc1nn(-c2ncnc3nc[nH]c23)c(Cl)c1C=O. The zero-order valence-electron chi connectivity index (χ0n) is 10.7. The molecule has 0 fully saturated rings. The second-order valence-electron chi connectivity index (χ2n) is 4.23. The first-order chi connectivity index (χ1) is 9.76. The molecule has 1 N–H and O–H groups in total. The van der Waals surface area contributed by atoms with E-state index < -0.39 is 0 Å². The van der Waals surface area contributed by atoms with Gasteiger partial charge in [0.25, 0.3) is 0 Å². The number of aryl methyl sites for hydroxylation is 1. The third kappa shape index (κ3) is 1.87. The number of H-pyrrole nitrogens is 1. The summed E-state index contributed by atoms with van der Waals surface area (Å²) in [5.74, 6) is 0.475. The fraction of sp³-hybridized carbons (Fsp3) is 0.250. The lowest BCUT2D eigenvalue weighted by Crippen LogP contribution is -2.02. The quantitative estimate of drug-likeness (QED) is 0.742. The van der Waals surface area contributed by atoms with Gasteiger partial charge in [-0.3, -0.25) is 4.79 Å². The van der Waals surface area contributed by atoms with E-state index in [9.17, 15) is 4.79 Å². The summed E-state index contributed by atoms with van der Waals surface area (Å²) in [6.07, 6.45) is 5.18. The lowest BCUT2D eigenvalue weighted by Gasteiger charge is -2.02. The Kier molecular flexibility index (Phi) is 3.19. The van der Waals surface area contributed by atoms with Gasteiger partial charge in [-0.05, 0) is 6.42 Å². The number of nitrogens with zero attached hydrogens (tertiary/aromatic N) is 5. The molecule has 0 unspecified atom stereocenters. The highest BCUT2D eigenvalue weighted by Crippen LogP contribution is 2.24. The smallest absolute Gasteiger partial charge is 0.184 e. The highest BCUT2D eigenvalue weighted by atomic mass is 35.5. The average molecular weight is 291 g/mol. The van der Waals surface area contributed by atoms with Crippen molar-refractivity contribution in [1.82, 2.24) is 29.7 Å². The van der Waals surface area contributed by atoms with Crippen molar-refractivity contribution < 1.29 is 4.79 Å². The zero-order valence-corrected chi connectivity index (χ0v) is 11.4. The van der Waals surface area contributed by atoms with Gasteiger partial charge in [-0.2, -0.15) is 5.10 Å². The molecule has 0 atom stereocenters. The first-order valence-corrected chi connectivity index (χ1v) is 6.51. The van der Waals surface area contributed by atoms with Crippen LogP contribution in [0.15, 0.2) is 12.7 Å². The lowest BCUT2D eigenvalue weighted by molar-refractivity contribution is 0.112. The molecular formula is C12H11ClN6O. The summed E-state index contributed by atoms with van der Waals surface area (Å²) in [6.45, 7) is 2.01. The molecule has 0 amide bonds. The van der Waals surface area contributed by atoms with Crippen LogP contribution in [0.1, 0.15) is 29.4 Å². The number of fused-ring (bicyclic) bond motifs is 1. The molecule has 0 saturated heterocycles. The fourth-order valence-electron chi connectivity index (χ4n) is 2.04. The summed E-state index contributed by atoms with van der Waals surface area (Å²) >= 11 is 6.24. The van der Waals surface area contributed by atoms with Crippen LogP contribution in [0.2, 0.25) is 5.15 Å². The van der Waals surface area contributed by atoms with Crippen LogP contribution in [0.25, 0.3) is 17.0 Å². The molecule has 102 valence electrons. The minimum atomic E-state index is 0.248. The van der Waals surface area contributed by atoms with E-state index in [-0.39, 0.29) is 5.15 Å². The largest absolute Gasteiger partial charge is 0.340 e. The van der Waals surface area contributed by atoms with Crippen LogP contribution in [0, 0.1) is 0 Å². The Morgan fingerprint density at radius 2 is 2.25 bits per heavy atom. The molecule has 0 aliphatic rings. The van der Waals surface area contributed by atoms with Gasteiger partial charge in [-0.15, -0.1) is 0 Å². The first-order valence-electron chi connectivity index (χ1n) is 6.13. The Labute approximate surface area is 119 Å². The van der Waals surface area contributed by atoms with Crippen molar-refractivity contribution in [3.8, 4) is 5.82 Å². The number of imidazole rings is 1. The van der Waals surface area contributed by atoms with Crippen LogP contribution in [0.5, 0.6) is 0 Å². The topological polar surface area (TPSA) is 89.3 Å². The number of hydrogen-bond donors (Lipinski definition) is 1. The van der Waals surface area contributed by atoms with Gasteiger partial charge in [0.1, 0.15) is 17.0 Å². The number of halogens is 1. The number of aldehydes is 1. The molecule has 0 aliphatic heterocycles. The summed E-state index contributed by atoms with van der Waals surface area (Å²) < 4.78 is 1.44.